The normalized spacial score (nSPS) is 20.2. The van der Waals surface area contributed by atoms with E-state index in [2.05, 4.69) is 27.5 Å². The van der Waals surface area contributed by atoms with Gasteiger partial charge in [-0.25, -0.2) is 10.8 Å². The molecular weight excluding hydrogens is 208 g/mol. The lowest BCUT2D eigenvalue weighted by Crippen LogP contribution is -2.14. The van der Waals surface area contributed by atoms with E-state index in [4.69, 9.17) is 5.84 Å². The molecule has 1 unspecified atom stereocenters. The van der Waals surface area contributed by atoms with Crippen molar-refractivity contribution in [3.05, 3.63) is 18.3 Å². The zero-order valence-corrected chi connectivity index (χ0v) is 9.39. The van der Waals surface area contributed by atoms with Crippen molar-refractivity contribution in [2.24, 2.45) is 5.84 Å². The van der Waals surface area contributed by atoms with Crippen LogP contribution in [0, 0.1) is 0 Å². The number of pyridine rings is 1. The van der Waals surface area contributed by atoms with Crippen molar-refractivity contribution in [3.63, 3.8) is 0 Å². The highest BCUT2D eigenvalue weighted by Crippen LogP contribution is 2.26. The predicted octanol–water partition coefficient (Wildman–Crippen LogP) is 1.67. The number of hydrogen-bond acceptors (Lipinski definition) is 5. The lowest BCUT2D eigenvalue weighted by atomic mass is 10.2. The van der Waals surface area contributed by atoms with Crippen molar-refractivity contribution in [2.75, 3.05) is 23.0 Å². The molecule has 2 heterocycles. The molecule has 0 saturated carbocycles. The van der Waals surface area contributed by atoms with E-state index in [9.17, 15) is 0 Å². The number of thioether (sulfide) groups is 1. The van der Waals surface area contributed by atoms with E-state index in [1.807, 2.05) is 12.1 Å². The molecule has 0 amide bonds. The van der Waals surface area contributed by atoms with Gasteiger partial charge in [-0.05, 0) is 24.7 Å². The summed E-state index contributed by atoms with van der Waals surface area (Å²) in [4.78, 5) is 4.06. The molecule has 4 nitrogen and oxygen atoms in total. The molecule has 0 aliphatic carbocycles. The minimum atomic E-state index is 0.694. The van der Waals surface area contributed by atoms with Gasteiger partial charge in [-0.3, -0.25) is 0 Å². The highest BCUT2D eigenvalue weighted by Gasteiger charge is 2.14. The first-order valence-corrected chi connectivity index (χ1v) is 6.21. The second-order valence-corrected chi connectivity index (χ2v) is 5.00. The van der Waals surface area contributed by atoms with E-state index < -0.39 is 0 Å². The van der Waals surface area contributed by atoms with Crippen LogP contribution in [0.25, 0.3) is 0 Å². The third kappa shape index (κ3) is 3.00. The molecule has 1 atom stereocenters. The highest BCUT2D eigenvalue weighted by molar-refractivity contribution is 8.00. The molecule has 1 aliphatic heterocycles. The zero-order chi connectivity index (χ0) is 10.5. The number of rotatable bonds is 4. The van der Waals surface area contributed by atoms with Crippen LogP contribution in [0.15, 0.2) is 18.3 Å². The van der Waals surface area contributed by atoms with Gasteiger partial charge in [0.05, 0.1) is 0 Å². The number of aromatic nitrogens is 1. The summed E-state index contributed by atoms with van der Waals surface area (Å²) < 4.78 is 0. The summed E-state index contributed by atoms with van der Waals surface area (Å²) in [5.41, 5.74) is 3.61. The maximum absolute atomic E-state index is 5.29. The Morgan fingerprint density at radius 3 is 3.27 bits per heavy atom. The first-order chi connectivity index (χ1) is 7.38. The van der Waals surface area contributed by atoms with E-state index >= 15 is 0 Å². The van der Waals surface area contributed by atoms with Crippen LogP contribution < -0.4 is 16.6 Å². The Bertz CT molecular complexity index is 312. The van der Waals surface area contributed by atoms with Gasteiger partial charge in [-0.1, -0.05) is 0 Å². The van der Waals surface area contributed by atoms with Gasteiger partial charge in [0.2, 0.25) is 0 Å². The molecule has 1 fully saturated rings. The van der Waals surface area contributed by atoms with Gasteiger partial charge >= 0.3 is 0 Å². The van der Waals surface area contributed by atoms with E-state index in [-0.39, 0.29) is 0 Å². The van der Waals surface area contributed by atoms with Gasteiger partial charge < -0.3 is 10.7 Å². The highest BCUT2D eigenvalue weighted by atomic mass is 32.2. The van der Waals surface area contributed by atoms with E-state index in [1.165, 1.54) is 18.6 Å². The maximum Gasteiger partial charge on any atom is 0.141 e. The van der Waals surface area contributed by atoms with Crippen LogP contribution >= 0.6 is 11.8 Å². The fourth-order valence-electron chi connectivity index (χ4n) is 1.66. The van der Waals surface area contributed by atoms with Crippen molar-refractivity contribution in [1.82, 2.24) is 4.98 Å². The standard InChI is InChI=1S/C10H16N4S/c11-14-10-6-8(3-4-12-10)13-7-9-2-1-5-15-9/h3-4,6,9H,1-2,5,7,11H2,(H2,12,13,14). The van der Waals surface area contributed by atoms with Gasteiger partial charge in [0.1, 0.15) is 5.82 Å². The summed E-state index contributed by atoms with van der Waals surface area (Å²) >= 11 is 2.05. The SMILES string of the molecule is NNc1cc(NCC2CCCS2)ccn1. The fraction of sp³-hybridized carbons (Fsp3) is 0.500. The minimum Gasteiger partial charge on any atom is -0.384 e. The van der Waals surface area contributed by atoms with Crippen molar-refractivity contribution < 1.29 is 0 Å². The minimum absolute atomic E-state index is 0.694. The summed E-state index contributed by atoms with van der Waals surface area (Å²) in [7, 11) is 0. The molecule has 82 valence electrons. The maximum atomic E-state index is 5.29. The first-order valence-electron chi connectivity index (χ1n) is 5.16. The van der Waals surface area contributed by atoms with E-state index in [0.29, 0.717) is 5.82 Å². The second kappa shape index (κ2) is 5.23. The summed E-state index contributed by atoms with van der Waals surface area (Å²) in [6.45, 7) is 1.03. The molecule has 1 aliphatic rings. The molecule has 0 aromatic carbocycles. The molecule has 0 bridgehead atoms. The Morgan fingerprint density at radius 2 is 2.53 bits per heavy atom. The van der Waals surface area contributed by atoms with Crippen LogP contribution in [0.1, 0.15) is 12.8 Å². The fourth-order valence-corrected chi connectivity index (χ4v) is 2.86. The largest absolute Gasteiger partial charge is 0.384 e. The van der Waals surface area contributed by atoms with Crippen molar-refractivity contribution >= 4 is 23.3 Å². The third-order valence-corrected chi connectivity index (χ3v) is 3.86. The number of hydrogen-bond donors (Lipinski definition) is 3. The molecular formula is C10H16N4S. The number of nitrogens with two attached hydrogens (primary N) is 1. The molecule has 2 rings (SSSR count). The van der Waals surface area contributed by atoms with Crippen LogP contribution in [0.2, 0.25) is 0 Å². The third-order valence-electron chi connectivity index (χ3n) is 2.47. The van der Waals surface area contributed by atoms with Gasteiger partial charge in [-0.15, -0.1) is 0 Å². The van der Waals surface area contributed by atoms with Crippen LogP contribution in [0.4, 0.5) is 11.5 Å². The number of hydrazine groups is 1. The Balaban J connectivity index is 1.86. The van der Waals surface area contributed by atoms with Crippen molar-refractivity contribution in [2.45, 2.75) is 18.1 Å². The van der Waals surface area contributed by atoms with Crippen LogP contribution in [0.5, 0.6) is 0 Å². The average Bonchev–Trinajstić information content (AvgIpc) is 2.79. The van der Waals surface area contributed by atoms with Gasteiger partial charge in [0.15, 0.2) is 0 Å². The van der Waals surface area contributed by atoms with Crippen molar-refractivity contribution in [3.8, 4) is 0 Å². The second-order valence-electron chi connectivity index (χ2n) is 3.59. The predicted molar refractivity (Wildman–Crippen MR) is 66.0 cm³/mol. The van der Waals surface area contributed by atoms with Gasteiger partial charge in [0.25, 0.3) is 0 Å². The Kier molecular flexibility index (Phi) is 3.69. The van der Waals surface area contributed by atoms with Gasteiger partial charge in [-0.2, -0.15) is 11.8 Å². The summed E-state index contributed by atoms with van der Waals surface area (Å²) in [6.07, 6.45) is 4.42. The molecule has 4 N–H and O–H groups in total. The molecule has 1 saturated heterocycles. The topological polar surface area (TPSA) is 63.0 Å². The summed E-state index contributed by atoms with van der Waals surface area (Å²) in [6, 6.07) is 3.88. The summed E-state index contributed by atoms with van der Waals surface area (Å²) in [5.74, 6) is 7.29. The number of anilines is 2. The summed E-state index contributed by atoms with van der Waals surface area (Å²) in [5, 5.41) is 4.16. The van der Waals surface area contributed by atoms with Crippen LogP contribution in [-0.4, -0.2) is 22.5 Å². The number of nitrogens with one attached hydrogen (secondary N) is 2. The quantitative estimate of drug-likeness (QED) is 0.536. The average molecular weight is 224 g/mol. The first kappa shape index (κ1) is 10.6. The molecule has 15 heavy (non-hydrogen) atoms. The molecule has 5 heteroatoms. The molecule has 1 aromatic heterocycles. The number of nitrogen functional groups attached to an aromatic ring is 1. The zero-order valence-electron chi connectivity index (χ0n) is 8.57. The van der Waals surface area contributed by atoms with E-state index in [1.54, 1.807) is 6.20 Å². The smallest absolute Gasteiger partial charge is 0.141 e. The Hall–Kier alpha value is -0.940. The molecule has 0 spiro atoms. The molecule has 0 radical (unpaired) electrons. The monoisotopic (exact) mass is 224 g/mol. The van der Waals surface area contributed by atoms with Crippen molar-refractivity contribution in [1.29, 1.82) is 0 Å². The van der Waals surface area contributed by atoms with Gasteiger partial charge in [0, 0.05) is 29.7 Å². The van der Waals surface area contributed by atoms with Crippen LogP contribution in [-0.2, 0) is 0 Å². The van der Waals surface area contributed by atoms with Crippen LogP contribution in [0.3, 0.4) is 0 Å². The Morgan fingerprint density at radius 1 is 1.60 bits per heavy atom. The van der Waals surface area contributed by atoms with E-state index in [0.717, 1.165) is 17.5 Å². The number of nitrogens with zero attached hydrogens (tertiary/aromatic N) is 1. The lowest BCUT2D eigenvalue weighted by Gasteiger charge is -2.11. The lowest BCUT2D eigenvalue weighted by molar-refractivity contribution is 0.805. The molecule has 1 aromatic rings. The Labute approximate surface area is 94.0 Å².